The number of carboxylic acid groups (broad SMARTS) is 1. The van der Waals surface area contributed by atoms with E-state index in [0.29, 0.717) is 12.1 Å². The monoisotopic (exact) mass is 500 g/mol. The van der Waals surface area contributed by atoms with Gasteiger partial charge in [-0.3, -0.25) is 4.21 Å². The number of rotatable bonds is 7. The molecule has 2 aromatic rings. The normalized spacial score (nSPS) is 19.0. The van der Waals surface area contributed by atoms with Gasteiger partial charge in [-0.2, -0.15) is 13.2 Å². The van der Waals surface area contributed by atoms with Crippen LogP contribution in [0.15, 0.2) is 47.4 Å². The Hall–Kier alpha value is -2.43. The van der Waals surface area contributed by atoms with E-state index in [2.05, 4.69) is 23.7 Å². The number of hydrogen-bond donors (Lipinski definition) is 3. The molecule has 0 spiro atoms. The summed E-state index contributed by atoms with van der Waals surface area (Å²) >= 11 is 0. The minimum Gasteiger partial charge on any atom is -0.496 e. The van der Waals surface area contributed by atoms with Gasteiger partial charge >= 0.3 is 12.1 Å². The maximum atomic E-state index is 12.1. The predicted molar refractivity (Wildman–Crippen MR) is 126 cm³/mol. The fourth-order valence-electron chi connectivity index (χ4n) is 3.88. The number of halogens is 3. The van der Waals surface area contributed by atoms with Gasteiger partial charge in [-0.05, 0) is 62.1 Å². The van der Waals surface area contributed by atoms with Gasteiger partial charge < -0.3 is 20.5 Å². The fraction of sp³-hybridized carbons (Fsp3) is 0.458. The number of benzene rings is 2. The first-order valence-corrected chi connectivity index (χ1v) is 12.4. The molecule has 0 bridgehead atoms. The van der Waals surface area contributed by atoms with E-state index >= 15 is 0 Å². The summed E-state index contributed by atoms with van der Waals surface area (Å²) in [5, 5.41) is 14.2. The van der Waals surface area contributed by atoms with Crippen molar-refractivity contribution in [2.24, 2.45) is 0 Å². The average molecular weight is 501 g/mol. The van der Waals surface area contributed by atoms with Crippen molar-refractivity contribution in [2.75, 3.05) is 20.4 Å². The first-order chi connectivity index (χ1) is 16.1. The Kier molecular flexibility index (Phi) is 10.5. The molecule has 0 saturated heterocycles. The summed E-state index contributed by atoms with van der Waals surface area (Å²) in [6.45, 7) is 0.781. The van der Waals surface area contributed by atoms with Crippen molar-refractivity contribution in [3.05, 3.63) is 48.0 Å². The van der Waals surface area contributed by atoms with E-state index in [1.165, 1.54) is 25.7 Å². The van der Waals surface area contributed by atoms with Crippen molar-refractivity contribution in [3.63, 3.8) is 0 Å². The highest BCUT2D eigenvalue weighted by molar-refractivity contribution is 7.84. The maximum absolute atomic E-state index is 12.1. The number of methoxy groups -OCH3 is 1. The van der Waals surface area contributed by atoms with E-state index in [1.54, 1.807) is 13.4 Å². The SMILES string of the molecule is CNC1CCC(NCc2cc(-c3ccccc3S(C)=O)ccc2OC)CC1.O=C(O)C(F)(F)F. The molecule has 3 N–H and O–H groups in total. The Bertz CT molecular complexity index is 977. The van der Waals surface area contributed by atoms with Crippen LogP contribution in [-0.4, -0.2) is 54.0 Å². The largest absolute Gasteiger partial charge is 0.496 e. The lowest BCUT2D eigenvalue weighted by Gasteiger charge is -2.29. The first kappa shape index (κ1) is 27.8. The highest BCUT2D eigenvalue weighted by Crippen LogP contribution is 2.30. The molecule has 3 rings (SSSR count). The summed E-state index contributed by atoms with van der Waals surface area (Å²) in [7, 11) is 2.75. The molecular formula is C24H31F3N2O4S. The Balaban J connectivity index is 0.000000509. The van der Waals surface area contributed by atoms with Crippen LogP contribution in [0.2, 0.25) is 0 Å². The third-order valence-corrected chi connectivity index (χ3v) is 6.72. The average Bonchev–Trinajstić information content (AvgIpc) is 2.82. The van der Waals surface area contributed by atoms with E-state index in [4.69, 9.17) is 14.6 Å². The molecule has 1 atom stereocenters. The van der Waals surface area contributed by atoms with Gasteiger partial charge in [0.25, 0.3) is 0 Å². The van der Waals surface area contributed by atoms with Crippen LogP contribution in [0.3, 0.4) is 0 Å². The number of carboxylic acids is 1. The molecule has 2 aromatic carbocycles. The highest BCUT2D eigenvalue weighted by atomic mass is 32.2. The molecule has 0 aliphatic heterocycles. The van der Waals surface area contributed by atoms with Crippen LogP contribution < -0.4 is 15.4 Å². The quantitative estimate of drug-likeness (QED) is 0.524. The minimum atomic E-state index is -5.08. The van der Waals surface area contributed by atoms with Crippen LogP contribution in [0.5, 0.6) is 5.75 Å². The molecule has 1 saturated carbocycles. The van der Waals surface area contributed by atoms with Crippen molar-refractivity contribution in [1.29, 1.82) is 0 Å². The second-order valence-corrected chi connectivity index (χ2v) is 9.35. The van der Waals surface area contributed by atoms with Crippen LogP contribution in [0.4, 0.5) is 13.2 Å². The number of aliphatic carboxylic acids is 1. The van der Waals surface area contributed by atoms with Gasteiger partial charge in [0.2, 0.25) is 0 Å². The molecule has 6 nitrogen and oxygen atoms in total. The van der Waals surface area contributed by atoms with Crippen LogP contribution in [0.1, 0.15) is 31.2 Å². The molecule has 1 fully saturated rings. The van der Waals surface area contributed by atoms with E-state index in [1.807, 2.05) is 36.4 Å². The van der Waals surface area contributed by atoms with E-state index < -0.39 is 22.9 Å². The molecule has 0 heterocycles. The molecule has 1 aliphatic carbocycles. The van der Waals surface area contributed by atoms with Gasteiger partial charge in [0.15, 0.2) is 0 Å². The van der Waals surface area contributed by atoms with E-state index in [9.17, 15) is 17.4 Å². The molecule has 34 heavy (non-hydrogen) atoms. The Morgan fingerprint density at radius 1 is 1.12 bits per heavy atom. The minimum absolute atomic E-state index is 0.554. The molecule has 1 aliphatic rings. The second kappa shape index (κ2) is 12.9. The van der Waals surface area contributed by atoms with Crippen molar-refractivity contribution >= 4 is 16.8 Å². The van der Waals surface area contributed by atoms with Gasteiger partial charge in [-0.1, -0.05) is 24.3 Å². The van der Waals surface area contributed by atoms with Crippen LogP contribution in [-0.2, 0) is 22.1 Å². The molecule has 188 valence electrons. The van der Waals surface area contributed by atoms with Gasteiger partial charge in [0, 0.05) is 35.3 Å². The Morgan fingerprint density at radius 2 is 1.71 bits per heavy atom. The molecule has 0 radical (unpaired) electrons. The lowest BCUT2D eigenvalue weighted by Crippen LogP contribution is -2.38. The van der Waals surface area contributed by atoms with Crippen LogP contribution in [0.25, 0.3) is 11.1 Å². The van der Waals surface area contributed by atoms with Crippen molar-refractivity contribution in [1.82, 2.24) is 10.6 Å². The van der Waals surface area contributed by atoms with Crippen molar-refractivity contribution < 1.29 is 32.0 Å². The summed E-state index contributed by atoms with van der Waals surface area (Å²) in [5.41, 5.74) is 3.25. The third-order valence-electron chi connectivity index (χ3n) is 5.75. The standard InChI is InChI=1S/C22H30N2O2S.C2HF3O2/c1-23-18-9-11-19(12-10-18)24-15-17-14-16(8-13-21(17)26-2)20-6-4-5-7-22(20)27(3)25;3-2(4,5)1(6)7/h4-8,13-14,18-19,23-24H,9-12,15H2,1-3H3;(H,6,7). The molecule has 1 unspecified atom stereocenters. The fourth-order valence-corrected chi connectivity index (χ4v) is 4.65. The number of nitrogens with one attached hydrogen (secondary N) is 2. The zero-order valence-electron chi connectivity index (χ0n) is 19.4. The Labute approximate surface area is 200 Å². The zero-order valence-corrected chi connectivity index (χ0v) is 20.3. The van der Waals surface area contributed by atoms with Gasteiger partial charge in [-0.25, -0.2) is 4.79 Å². The number of alkyl halides is 3. The molecule has 0 aromatic heterocycles. The van der Waals surface area contributed by atoms with Gasteiger partial charge in [-0.15, -0.1) is 0 Å². The molecular weight excluding hydrogens is 469 g/mol. The summed E-state index contributed by atoms with van der Waals surface area (Å²) in [4.78, 5) is 9.76. The molecule has 10 heteroatoms. The highest BCUT2D eigenvalue weighted by Gasteiger charge is 2.38. The van der Waals surface area contributed by atoms with Gasteiger partial charge in [0.1, 0.15) is 5.75 Å². The second-order valence-electron chi connectivity index (χ2n) is 8.00. The maximum Gasteiger partial charge on any atom is 0.490 e. The summed E-state index contributed by atoms with van der Waals surface area (Å²) in [5.74, 6) is -1.86. The predicted octanol–water partition coefficient (Wildman–Crippen LogP) is 4.35. The van der Waals surface area contributed by atoms with Crippen molar-refractivity contribution in [3.8, 4) is 16.9 Å². The number of carbonyl (C=O) groups is 1. The summed E-state index contributed by atoms with van der Waals surface area (Å²) < 4.78 is 49.4. The van der Waals surface area contributed by atoms with Crippen LogP contribution in [0, 0.1) is 0 Å². The van der Waals surface area contributed by atoms with E-state index in [0.717, 1.165) is 33.9 Å². The smallest absolute Gasteiger partial charge is 0.490 e. The lowest BCUT2D eigenvalue weighted by atomic mass is 9.91. The third kappa shape index (κ3) is 8.11. The summed E-state index contributed by atoms with van der Waals surface area (Å²) in [6.07, 6.45) is 1.49. The number of ether oxygens (including phenoxy) is 1. The van der Waals surface area contributed by atoms with Gasteiger partial charge in [0.05, 0.1) is 17.9 Å². The molecule has 0 amide bonds. The number of hydrogen-bond acceptors (Lipinski definition) is 5. The van der Waals surface area contributed by atoms with E-state index in [-0.39, 0.29) is 0 Å². The topological polar surface area (TPSA) is 87.7 Å². The lowest BCUT2D eigenvalue weighted by molar-refractivity contribution is -0.192. The summed E-state index contributed by atoms with van der Waals surface area (Å²) in [6, 6.07) is 15.3. The Morgan fingerprint density at radius 3 is 2.24 bits per heavy atom. The zero-order chi connectivity index (χ0) is 25.3. The van der Waals surface area contributed by atoms with Crippen molar-refractivity contribution in [2.45, 2.75) is 55.4 Å². The van der Waals surface area contributed by atoms with Crippen LogP contribution >= 0.6 is 0 Å². The first-order valence-electron chi connectivity index (χ1n) is 10.9.